The number of hydrogen-bond acceptors (Lipinski definition) is 8. The maximum absolute atomic E-state index is 14.6. The van der Waals surface area contributed by atoms with Crippen molar-refractivity contribution in [1.29, 1.82) is 0 Å². The Morgan fingerprint density at radius 3 is 1.40 bits per heavy atom. The lowest BCUT2D eigenvalue weighted by Gasteiger charge is -2.34. The Bertz CT molecular complexity index is 1890. The summed E-state index contributed by atoms with van der Waals surface area (Å²) in [7, 11) is 0. The molecule has 0 radical (unpaired) electrons. The van der Waals surface area contributed by atoms with E-state index in [0.29, 0.717) is 56.9 Å². The highest BCUT2D eigenvalue weighted by Gasteiger charge is 2.45. The highest BCUT2D eigenvalue weighted by molar-refractivity contribution is 5.99. The molecule has 5 N–H and O–H groups in total. The molecular formula is C45H61N7O8. The topological polar surface area (TPSA) is 198 Å². The quantitative estimate of drug-likeness (QED) is 0.267. The number of phenolic OH excluding ortho intramolecular Hbond substituents is 1. The number of amides is 7. The normalized spacial score (nSPS) is 28.4. The highest BCUT2D eigenvalue weighted by atomic mass is 16.3. The van der Waals surface area contributed by atoms with Crippen LogP contribution >= 0.6 is 0 Å². The van der Waals surface area contributed by atoms with E-state index in [1.54, 1.807) is 12.1 Å². The summed E-state index contributed by atoms with van der Waals surface area (Å²) in [5, 5.41) is 21.8. The van der Waals surface area contributed by atoms with E-state index in [-0.39, 0.29) is 50.1 Å². The van der Waals surface area contributed by atoms with Crippen molar-refractivity contribution in [2.24, 2.45) is 11.8 Å². The van der Waals surface area contributed by atoms with E-state index in [0.717, 1.165) is 5.56 Å². The maximum atomic E-state index is 14.6. The minimum atomic E-state index is -1.13. The summed E-state index contributed by atoms with van der Waals surface area (Å²) in [5.41, 5.74) is 1.45. The molecular weight excluding hydrogens is 767 g/mol. The van der Waals surface area contributed by atoms with Gasteiger partial charge in [-0.3, -0.25) is 33.6 Å². The minimum absolute atomic E-state index is 0.0378. The number of phenols is 1. The van der Waals surface area contributed by atoms with Crippen LogP contribution in [-0.2, 0) is 46.4 Å². The molecule has 4 heterocycles. The Morgan fingerprint density at radius 2 is 0.933 bits per heavy atom. The second-order valence-electron chi connectivity index (χ2n) is 17.0. The number of nitrogens with zero attached hydrogens (tertiary/aromatic N) is 3. The first kappa shape index (κ1) is 44.1. The monoisotopic (exact) mass is 827 g/mol. The number of hydrogen-bond donors (Lipinski definition) is 5. The van der Waals surface area contributed by atoms with Crippen LogP contribution in [-0.4, -0.2) is 123 Å². The Hall–Kier alpha value is -5.47. The van der Waals surface area contributed by atoms with Crippen LogP contribution in [0.1, 0.15) is 90.2 Å². The number of aromatic hydroxyl groups is 1. The molecule has 324 valence electrons. The smallest absolute Gasteiger partial charge is 0.246 e. The molecule has 6 rings (SSSR count). The van der Waals surface area contributed by atoms with Gasteiger partial charge in [0.1, 0.15) is 48.0 Å². The summed E-state index contributed by atoms with van der Waals surface area (Å²) in [5.74, 6) is -4.06. The van der Waals surface area contributed by atoms with Crippen LogP contribution in [0.3, 0.4) is 0 Å². The molecule has 0 aromatic heterocycles. The van der Waals surface area contributed by atoms with Crippen LogP contribution in [0.2, 0.25) is 0 Å². The number of benzene rings is 2. The third-order valence-corrected chi connectivity index (χ3v) is 13.0. The summed E-state index contributed by atoms with van der Waals surface area (Å²) in [4.78, 5) is 105. The van der Waals surface area contributed by atoms with E-state index in [9.17, 15) is 38.7 Å². The van der Waals surface area contributed by atoms with Crippen molar-refractivity contribution in [3.63, 3.8) is 0 Å². The SMILES string of the molecule is CC[C@H](C)[C@@H]1NC(=O)[C@@H]2CCCN2C(=O)[C@H](Cc2ccccc2)NC(=O)[C@@H]2CCCN2C(=O)[C@H](Cc2ccc(O)cc2)NC(=O)C2CCCN2C(=O)[C@@H]([C@@H](C)CC)NC1=O. The molecule has 15 heteroatoms. The molecule has 0 spiro atoms. The van der Waals surface area contributed by atoms with Gasteiger partial charge in [-0.05, 0) is 73.6 Å². The van der Waals surface area contributed by atoms with Crippen LogP contribution in [0.4, 0.5) is 0 Å². The largest absolute Gasteiger partial charge is 0.508 e. The molecule has 0 saturated carbocycles. The van der Waals surface area contributed by atoms with E-state index >= 15 is 0 Å². The van der Waals surface area contributed by atoms with Gasteiger partial charge in [0.2, 0.25) is 41.4 Å². The average Bonchev–Trinajstić information content (AvgIpc) is 4.06. The van der Waals surface area contributed by atoms with Crippen molar-refractivity contribution < 1.29 is 38.7 Å². The average molecular weight is 828 g/mol. The first-order chi connectivity index (χ1) is 28.8. The summed E-state index contributed by atoms with van der Waals surface area (Å²) in [6, 6.07) is 8.54. The van der Waals surface area contributed by atoms with Gasteiger partial charge in [0.25, 0.3) is 0 Å². The number of carbonyl (C=O) groups is 7. The van der Waals surface area contributed by atoms with Crippen molar-refractivity contribution in [3.05, 3.63) is 65.7 Å². The van der Waals surface area contributed by atoms with E-state index in [1.807, 2.05) is 58.0 Å². The van der Waals surface area contributed by atoms with E-state index < -0.39 is 83.6 Å². The summed E-state index contributed by atoms with van der Waals surface area (Å²) >= 11 is 0. The predicted octanol–water partition coefficient (Wildman–Crippen LogP) is 2.20. The van der Waals surface area contributed by atoms with Gasteiger partial charge in [-0.1, -0.05) is 83.0 Å². The molecule has 2 aromatic rings. The minimum Gasteiger partial charge on any atom is -0.508 e. The lowest BCUT2D eigenvalue weighted by molar-refractivity contribution is -0.145. The van der Waals surface area contributed by atoms with Gasteiger partial charge in [0.15, 0.2) is 0 Å². The molecule has 4 fully saturated rings. The first-order valence-corrected chi connectivity index (χ1v) is 21.8. The van der Waals surface area contributed by atoms with Crippen LogP contribution in [0.15, 0.2) is 54.6 Å². The molecule has 4 aliphatic rings. The second-order valence-corrected chi connectivity index (χ2v) is 17.0. The lowest BCUT2D eigenvalue weighted by atomic mass is 9.94. The Labute approximate surface area is 352 Å². The van der Waals surface area contributed by atoms with Crippen molar-refractivity contribution in [3.8, 4) is 5.75 Å². The molecule has 15 nitrogen and oxygen atoms in total. The summed E-state index contributed by atoms with van der Waals surface area (Å²) in [6.45, 7) is 8.30. The zero-order valence-electron chi connectivity index (χ0n) is 35.2. The Balaban J connectivity index is 1.40. The van der Waals surface area contributed by atoms with E-state index in [2.05, 4.69) is 21.3 Å². The van der Waals surface area contributed by atoms with Gasteiger partial charge in [0.05, 0.1) is 0 Å². The van der Waals surface area contributed by atoms with Gasteiger partial charge < -0.3 is 41.1 Å². The number of rotatable bonds is 8. The zero-order valence-corrected chi connectivity index (χ0v) is 35.2. The van der Waals surface area contributed by atoms with Gasteiger partial charge in [-0.15, -0.1) is 0 Å². The molecule has 2 aromatic carbocycles. The van der Waals surface area contributed by atoms with E-state index in [1.165, 1.54) is 26.8 Å². The van der Waals surface area contributed by atoms with Crippen LogP contribution < -0.4 is 21.3 Å². The standard InChI is InChI=1S/C45H61N7O8/c1-5-27(3)37-42(57)49-38(28(4)6-2)45(60)52-24-12-16-35(52)40(55)47-33(26-30-18-20-31(53)21-19-30)44(59)50-22-10-15-34(50)39(54)46-32(25-29-13-8-7-9-14-29)43(58)51-23-11-17-36(51)41(56)48-37/h7-9,13-14,18-21,27-28,32-38,53H,5-6,10-12,15-17,22-26H2,1-4H3,(H,46,54)(H,47,55)(H,48,56)(H,49,57)/t27-,28-,32-,33-,34-,35?,36-,37-,38+/m0/s1. The fraction of sp³-hybridized carbons (Fsp3) is 0.578. The Kier molecular flexibility index (Phi) is 14.5. The van der Waals surface area contributed by atoms with Crippen LogP contribution in [0, 0.1) is 11.8 Å². The maximum Gasteiger partial charge on any atom is 0.246 e. The number of fused-ring (bicyclic) bond motifs is 3. The molecule has 4 aliphatic heterocycles. The third-order valence-electron chi connectivity index (χ3n) is 13.0. The second kappa shape index (κ2) is 19.7. The third kappa shape index (κ3) is 9.93. The molecule has 1 unspecified atom stereocenters. The number of nitrogens with one attached hydrogen (secondary N) is 4. The fourth-order valence-corrected chi connectivity index (χ4v) is 9.02. The fourth-order valence-electron chi connectivity index (χ4n) is 9.02. The van der Waals surface area contributed by atoms with Crippen LogP contribution in [0.5, 0.6) is 5.75 Å². The van der Waals surface area contributed by atoms with Gasteiger partial charge in [0, 0.05) is 32.5 Å². The van der Waals surface area contributed by atoms with E-state index in [4.69, 9.17) is 0 Å². The molecule has 7 amide bonds. The van der Waals surface area contributed by atoms with Crippen molar-refractivity contribution in [1.82, 2.24) is 36.0 Å². The zero-order chi connectivity index (χ0) is 43.1. The highest BCUT2D eigenvalue weighted by Crippen LogP contribution is 2.26. The Morgan fingerprint density at radius 1 is 0.533 bits per heavy atom. The lowest BCUT2D eigenvalue weighted by Crippen LogP contribution is -2.61. The predicted molar refractivity (Wildman–Crippen MR) is 223 cm³/mol. The molecule has 60 heavy (non-hydrogen) atoms. The number of carbonyl (C=O) groups excluding carboxylic acids is 7. The van der Waals surface area contributed by atoms with Crippen molar-refractivity contribution in [2.45, 2.75) is 134 Å². The van der Waals surface area contributed by atoms with Crippen molar-refractivity contribution >= 4 is 41.4 Å². The summed E-state index contributed by atoms with van der Waals surface area (Å²) < 4.78 is 0. The van der Waals surface area contributed by atoms with Gasteiger partial charge in [-0.2, -0.15) is 0 Å². The van der Waals surface area contributed by atoms with Crippen molar-refractivity contribution in [2.75, 3.05) is 19.6 Å². The molecule has 9 atom stereocenters. The van der Waals surface area contributed by atoms with Gasteiger partial charge >= 0.3 is 0 Å². The molecule has 4 saturated heterocycles. The molecule has 0 aliphatic carbocycles. The van der Waals surface area contributed by atoms with Crippen LogP contribution in [0.25, 0.3) is 0 Å². The molecule has 0 bridgehead atoms. The summed E-state index contributed by atoms with van der Waals surface area (Å²) in [6.07, 6.45) is 3.87. The van der Waals surface area contributed by atoms with Gasteiger partial charge in [-0.25, -0.2) is 0 Å². The first-order valence-electron chi connectivity index (χ1n) is 21.8.